The number of pyridine rings is 1. The third-order valence-electron chi connectivity index (χ3n) is 3.98. The second-order valence-electron chi connectivity index (χ2n) is 5.40. The number of nitrogen functional groups attached to an aromatic ring is 1. The molecule has 1 aromatic carbocycles. The standard InChI is InChI=1S/C17H19N3O2/c1-22-17(21)12-7-8-13(19-10-12)11-20-9-3-4-14-15(18)5-2-6-16(14)20/h2,5-8,10H,3-4,9,11,18H2,1H3. The maximum Gasteiger partial charge on any atom is 0.339 e. The predicted molar refractivity (Wildman–Crippen MR) is 85.8 cm³/mol. The van der Waals surface area contributed by atoms with Crippen molar-refractivity contribution in [3.63, 3.8) is 0 Å². The van der Waals surface area contributed by atoms with Gasteiger partial charge in [-0.15, -0.1) is 0 Å². The van der Waals surface area contributed by atoms with Gasteiger partial charge in [0.2, 0.25) is 0 Å². The molecular weight excluding hydrogens is 278 g/mol. The van der Waals surface area contributed by atoms with Gasteiger partial charge in [0.15, 0.2) is 0 Å². The van der Waals surface area contributed by atoms with Gasteiger partial charge in [0.25, 0.3) is 0 Å². The normalized spacial score (nSPS) is 13.6. The molecule has 22 heavy (non-hydrogen) atoms. The van der Waals surface area contributed by atoms with Crippen molar-refractivity contribution in [1.82, 2.24) is 4.98 Å². The van der Waals surface area contributed by atoms with E-state index in [9.17, 15) is 4.79 Å². The number of hydrogen-bond acceptors (Lipinski definition) is 5. The summed E-state index contributed by atoms with van der Waals surface area (Å²) in [5, 5.41) is 0. The Morgan fingerprint density at radius 1 is 1.36 bits per heavy atom. The minimum Gasteiger partial charge on any atom is -0.465 e. The Kier molecular flexibility index (Phi) is 3.96. The molecule has 2 aromatic rings. The van der Waals surface area contributed by atoms with Crippen LogP contribution in [0.4, 0.5) is 11.4 Å². The number of carbonyl (C=O) groups is 1. The first-order valence-corrected chi connectivity index (χ1v) is 7.34. The van der Waals surface area contributed by atoms with Crippen molar-refractivity contribution in [2.24, 2.45) is 0 Å². The van der Waals surface area contributed by atoms with E-state index in [-0.39, 0.29) is 5.97 Å². The average molecular weight is 297 g/mol. The summed E-state index contributed by atoms with van der Waals surface area (Å²) in [6.45, 7) is 1.69. The summed E-state index contributed by atoms with van der Waals surface area (Å²) >= 11 is 0. The van der Waals surface area contributed by atoms with Crippen LogP contribution in [-0.4, -0.2) is 24.6 Å². The number of hydrogen-bond donors (Lipinski definition) is 1. The number of aromatic nitrogens is 1. The van der Waals surface area contributed by atoms with Crippen LogP contribution < -0.4 is 10.6 Å². The van der Waals surface area contributed by atoms with Crippen molar-refractivity contribution in [1.29, 1.82) is 0 Å². The minimum atomic E-state index is -0.366. The number of esters is 1. The maximum absolute atomic E-state index is 11.4. The lowest BCUT2D eigenvalue weighted by molar-refractivity contribution is 0.0600. The molecule has 1 aliphatic heterocycles. The first-order valence-electron chi connectivity index (χ1n) is 7.34. The summed E-state index contributed by atoms with van der Waals surface area (Å²) in [6.07, 6.45) is 3.67. The zero-order valence-electron chi connectivity index (χ0n) is 12.6. The summed E-state index contributed by atoms with van der Waals surface area (Å²) < 4.78 is 4.68. The van der Waals surface area contributed by atoms with E-state index in [1.807, 2.05) is 18.2 Å². The van der Waals surface area contributed by atoms with Gasteiger partial charge in [-0.05, 0) is 42.7 Å². The fourth-order valence-electron chi connectivity index (χ4n) is 2.84. The molecule has 0 unspecified atom stereocenters. The number of anilines is 2. The van der Waals surface area contributed by atoms with Crippen molar-refractivity contribution >= 4 is 17.3 Å². The molecule has 0 atom stereocenters. The van der Waals surface area contributed by atoms with Gasteiger partial charge < -0.3 is 15.4 Å². The fourth-order valence-corrected chi connectivity index (χ4v) is 2.84. The predicted octanol–water partition coefficient (Wildman–Crippen LogP) is 2.40. The lowest BCUT2D eigenvalue weighted by Crippen LogP contribution is -2.29. The third-order valence-corrected chi connectivity index (χ3v) is 3.98. The molecule has 2 heterocycles. The van der Waals surface area contributed by atoms with E-state index in [1.54, 1.807) is 12.3 Å². The summed E-state index contributed by atoms with van der Waals surface area (Å²) in [4.78, 5) is 18.1. The van der Waals surface area contributed by atoms with Crippen LogP contribution in [0, 0.1) is 0 Å². The molecule has 0 bridgehead atoms. The minimum absolute atomic E-state index is 0.366. The molecule has 2 N–H and O–H groups in total. The van der Waals surface area contributed by atoms with Crippen LogP contribution in [0.15, 0.2) is 36.5 Å². The molecule has 5 heteroatoms. The number of rotatable bonds is 3. The lowest BCUT2D eigenvalue weighted by atomic mass is 9.99. The molecule has 0 spiro atoms. The second-order valence-corrected chi connectivity index (χ2v) is 5.40. The van der Waals surface area contributed by atoms with E-state index >= 15 is 0 Å². The highest BCUT2D eigenvalue weighted by atomic mass is 16.5. The molecule has 0 saturated carbocycles. The van der Waals surface area contributed by atoms with Gasteiger partial charge in [-0.3, -0.25) is 4.98 Å². The number of nitrogens with zero attached hydrogens (tertiary/aromatic N) is 2. The van der Waals surface area contributed by atoms with Crippen LogP contribution in [0.1, 0.15) is 28.0 Å². The molecule has 114 valence electrons. The van der Waals surface area contributed by atoms with E-state index in [0.717, 1.165) is 30.8 Å². The highest BCUT2D eigenvalue weighted by Crippen LogP contribution is 2.31. The van der Waals surface area contributed by atoms with E-state index in [0.29, 0.717) is 12.1 Å². The molecule has 5 nitrogen and oxygen atoms in total. The molecule has 0 radical (unpaired) electrons. The Labute approximate surface area is 129 Å². The number of benzene rings is 1. The molecule has 1 aliphatic rings. The smallest absolute Gasteiger partial charge is 0.339 e. The molecule has 3 rings (SSSR count). The van der Waals surface area contributed by atoms with Crippen LogP contribution in [0.3, 0.4) is 0 Å². The third kappa shape index (κ3) is 2.74. The van der Waals surface area contributed by atoms with Crippen molar-refractivity contribution < 1.29 is 9.53 Å². The highest BCUT2D eigenvalue weighted by molar-refractivity contribution is 5.88. The van der Waals surface area contributed by atoms with Crippen molar-refractivity contribution in [2.75, 3.05) is 24.3 Å². The zero-order chi connectivity index (χ0) is 15.5. The Bertz CT molecular complexity index is 683. The van der Waals surface area contributed by atoms with Crippen LogP contribution >= 0.6 is 0 Å². The van der Waals surface area contributed by atoms with Gasteiger partial charge in [0.1, 0.15) is 0 Å². The number of methoxy groups -OCH3 is 1. The molecule has 0 amide bonds. The Balaban J connectivity index is 1.80. The molecule has 1 aromatic heterocycles. The van der Waals surface area contributed by atoms with E-state index in [4.69, 9.17) is 5.73 Å². The fraction of sp³-hybridized carbons (Fsp3) is 0.294. The average Bonchev–Trinajstić information content (AvgIpc) is 2.56. The monoisotopic (exact) mass is 297 g/mol. The number of carbonyl (C=O) groups excluding carboxylic acids is 1. The van der Waals surface area contributed by atoms with Crippen molar-refractivity contribution in [3.8, 4) is 0 Å². The highest BCUT2D eigenvalue weighted by Gasteiger charge is 2.19. The number of fused-ring (bicyclic) bond motifs is 1. The quantitative estimate of drug-likeness (QED) is 0.696. The Hall–Kier alpha value is -2.56. The van der Waals surface area contributed by atoms with Gasteiger partial charge in [-0.25, -0.2) is 4.79 Å². The van der Waals surface area contributed by atoms with Crippen LogP contribution in [-0.2, 0) is 17.7 Å². The Morgan fingerprint density at radius 2 is 2.23 bits per heavy atom. The second kappa shape index (κ2) is 6.05. The maximum atomic E-state index is 11.4. The van der Waals surface area contributed by atoms with Crippen LogP contribution in [0.5, 0.6) is 0 Å². The van der Waals surface area contributed by atoms with Gasteiger partial charge in [-0.1, -0.05) is 6.07 Å². The van der Waals surface area contributed by atoms with Gasteiger partial charge in [-0.2, -0.15) is 0 Å². The van der Waals surface area contributed by atoms with E-state index in [1.165, 1.54) is 18.4 Å². The SMILES string of the molecule is COC(=O)c1ccc(CN2CCCc3c(N)cccc32)nc1. The molecule has 0 saturated heterocycles. The molecule has 0 aliphatic carbocycles. The van der Waals surface area contributed by atoms with Crippen LogP contribution in [0.2, 0.25) is 0 Å². The van der Waals surface area contributed by atoms with Gasteiger partial charge in [0, 0.05) is 24.1 Å². The van der Waals surface area contributed by atoms with Gasteiger partial charge in [0.05, 0.1) is 24.9 Å². The topological polar surface area (TPSA) is 68.5 Å². The van der Waals surface area contributed by atoms with Crippen LogP contribution in [0.25, 0.3) is 0 Å². The first-order chi connectivity index (χ1) is 10.7. The summed E-state index contributed by atoms with van der Waals surface area (Å²) in [6, 6.07) is 9.66. The first kappa shape index (κ1) is 14.4. The van der Waals surface area contributed by atoms with E-state index < -0.39 is 0 Å². The van der Waals surface area contributed by atoms with Crippen molar-refractivity contribution in [3.05, 3.63) is 53.3 Å². The summed E-state index contributed by atoms with van der Waals surface area (Å²) in [5.74, 6) is -0.366. The molecule has 0 fully saturated rings. The van der Waals surface area contributed by atoms with E-state index in [2.05, 4.69) is 20.7 Å². The van der Waals surface area contributed by atoms with Gasteiger partial charge >= 0.3 is 5.97 Å². The number of ether oxygens (including phenoxy) is 1. The van der Waals surface area contributed by atoms with Crippen molar-refractivity contribution in [2.45, 2.75) is 19.4 Å². The number of nitrogens with two attached hydrogens (primary N) is 1. The Morgan fingerprint density at radius 3 is 2.95 bits per heavy atom. The lowest BCUT2D eigenvalue weighted by Gasteiger charge is -2.31. The summed E-state index contributed by atoms with van der Waals surface area (Å²) in [7, 11) is 1.37. The summed E-state index contributed by atoms with van der Waals surface area (Å²) in [5.41, 5.74) is 10.7. The molecular formula is C17H19N3O2. The largest absolute Gasteiger partial charge is 0.465 e. The zero-order valence-corrected chi connectivity index (χ0v) is 12.6.